The fraction of sp³-hybridized carbons (Fsp3) is 0.333. The number of rotatable bonds is 3. The summed E-state index contributed by atoms with van der Waals surface area (Å²) >= 11 is 0. The smallest absolute Gasteiger partial charge is 0.231 e. The summed E-state index contributed by atoms with van der Waals surface area (Å²) in [7, 11) is 3.19. The van der Waals surface area contributed by atoms with Crippen molar-refractivity contribution < 1.29 is 18.9 Å². The SMILES string of the molecule is C/C=C/c1cc2c(c(OC)c1OC)OCO2. The van der Waals surface area contributed by atoms with Crippen molar-refractivity contribution in [3.05, 3.63) is 17.7 Å². The monoisotopic (exact) mass is 222 g/mol. The molecule has 86 valence electrons. The Balaban J connectivity index is 2.63. The molecule has 1 aliphatic heterocycles. The number of benzene rings is 1. The average molecular weight is 222 g/mol. The summed E-state index contributed by atoms with van der Waals surface area (Å²) in [6.07, 6.45) is 3.86. The standard InChI is InChI=1S/C12H14O4/c1-4-5-8-6-9-11(16-7-15-9)12(14-3)10(8)13-2/h4-6H,7H2,1-3H3/b5-4+. The Bertz CT molecular complexity index is 424. The molecule has 4 heteroatoms. The number of hydrogen-bond acceptors (Lipinski definition) is 4. The number of hydrogen-bond donors (Lipinski definition) is 0. The van der Waals surface area contributed by atoms with Crippen LogP contribution in [0.1, 0.15) is 12.5 Å². The number of allylic oxidation sites excluding steroid dienone is 1. The summed E-state index contributed by atoms with van der Waals surface area (Å²) < 4.78 is 21.3. The summed E-state index contributed by atoms with van der Waals surface area (Å²) in [4.78, 5) is 0. The highest BCUT2D eigenvalue weighted by atomic mass is 16.7. The van der Waals surface area contributed by atoms with Crippen LogP contribution in [-0.2, 0) is 0 Å². The van der Waals surface area contributed by atoms with Crippen molar-refractivity contribution in [1.29, 1.82) is 0 Å². The molecule has 2 rings (SSSR count). The molecule has 0 N–H and O–H groups in total. The Morgan fingerprint density at radius 3 is 2.56 bits per heavy atom. The second kappa shape index (κ2) is 4.35. The van der Waals surface area contributed by atoms with Gasteiger partial charge in [-0.05, 0) is 13.0 Å². The van der Waals surface area contributed by atoms with Crippen molar-refractivity contribution in [3.63, 3.8) is 0 Å². The van der Waals surface area contributed by atoms with Crippen LogP contribution in [0.3, 0.4) is 0 Å². The Labute approximate surface area is 94.4 Å². The molecule has 0 saturated heterocycles. The molecule has 0 unspecified atom stereocenters. The molecule has 4 nitrogen and oxygen atoms in total. The second-order valence-electron chi connectivity index (χ2n) is 3.27. The summed E-state index contributed by atoms with van der Waals surface area (Å²) in [5.74, 6) is 2.52. The highest BCUT2D eigenvalue weighted by molar-refractivity contribution is 5.71. The van der Waals surface area contributed by atoms with Crippen LogP contribution >= 0.6 is 0 Å². The maximum absolute atomic E-state index is 5.34. The van der Waals surface area contributed by atoms with Gasteiger partial charge in [-0.25, -0.2) is 0 Å². The largest absolute Gasteiger partial charge is 0.492 e. The molecule has 1 heterocycles. The third-order valence-corrected chi connectivity index (χ3v) is 2.36. The third-order valence-electron chi connectivity index (χ3n) is 2.36. The first-order chi connectivity index (χ1) is 7.81. The molecule has 0 spiro atoms. The van der Waals surface area contributed by atoms with Gasteiger partial charge in [-0.2, -0.15) is 0 Å². The Morgan fingerprint density at radius 2 is 1.94 bits per heavy atom. The minimum atomic E-state index is 0.216. The van der Waals surface area contributed by atoms with Crippen LogP contribution in [0.25, 0.3) is 6.08 Å². The van der Waals surface area contributed by atoms with Crippen molar-refractivity contribution in [2.45, 2.75) is 6.92 Å². The zero-order valence-electron chi connectivity index (χ0n) is 9.57. The normalized spacial score (nSPS) is 13.2. The summed E-state index contributed by atoms with van der Waals surface area (Å²) in [6, 6.07) is 1.88. The van der Waals surface area contributed by atoms with E-state index in [-0.39, 0.29) is 6.79 Å². The van der Waals surface area contributed by atoms with Crippen LogP contribution in [0.5, 0.6) is 23.0 Å². The first-order valence-electron chi connectivity index (χ1n) is 4.99. The van der Waals surface area contributed by atoms with Crippen LogP contribution in [-0.4, -0.2) is 21.0 Å². The van der Waals surface area contributed by atoms with Gasteiger partial charge in [0, 0.05) is 5.56 Å². The fourth-order valence-corrected chi connectivity index (χ4v) is 1.71. The van der Waals surface area contributed by atoms with Gasteiger partial charge in [-0.15, -0.1) is 0 Å². The molecular formula is C12H14O4. The number of fused-ring (bicyclic) bond motifs is 1. The molecule has 0 aromatic heterocycles. The van der Waals surface area contributed by atoms with E-state index >= 15 is 0 Å². The van der Waals surface area contributed by atoms with Gasteiger partial charge in [0.05, 0.1) is 14.2 Å². The van der Waals surface area contributed by atoms with E-state index in [1.54, 1.807) is 14.2 Å². The quantitative estimate of drug-likeness (QED) is 0.787. The number of ether oxygens (including phenoxy) is 4. The predicted octanol–water partition coefficient (Wildman–Crippen LogP) is 2.47. The van der Waals surface area contributed by atoms with Crippen molar-refractivity contribution in [1.82, 2.24) is 0 Å². The van der Waals surface area contributed by atoms with E-state index in [0.717, 1.165) is 5.56 Å². The van der Waals surface area contributed by atoms with Crippen molar-refractivity contribution in [2.24, 2.45) is 0 Å². The van der Waals surface area contributed by atoms with Gasteiger partial charge in [0.1, 0.15) is 0 Å². The zero-order chi connectivity index (χ0) is 11.5. The topological polar surface area (TPSA) is 36.9 Å². The van der Waals surface area contributed by atoms with E-state index in [0.29, 0.717) is 23.0 Å². The Morgan fingerprint density at radius 1 is 1.19 bits per heavy atom. The van der Waals surface area contributed by atoms with Crippen LogP contribution in [0.15, 0.2) is 12.1 Å². The number of methoxy groups -OCH3 is 2. The molecule has 16 heavy (non-hydrogen) atoms. The van der Waals surface area contributed by atoms with E-state index in [1.165, 1.54) is 0 Å². The lowest BCUT2D eigenvalue weighted by atomic mass is 10.1. The Kier molecular flexibility index (Phi) is 2.90. The molecule has 0 bridgehead atoms. The van der Waals surface area contributed by atoms with E-state index in [2.05, 4.69) is 0 Å². The van der Waals surface area contributed by atoms with Gasteiger partial charge >= 0.3 is 0 Å². The molecule has 0 saturated carbocycles. The maximum Gasteiger partial charge on any atom is 0.231 e. The summed E-state index contributed by atoms with van der Waals surface area (Å²) in [5.41, 5.74) is 0.908. The molecule has 1 aliphatic rings. The van der Waals surface area contributed by atoms with E-state index in [4.69, 9.17) is 18.9 Å². The fourth-order valence-electron chi connectivity index (χ4n) is 1.71. The zero-order valence-corrected chi connectivity index (χ0v) is 9.57. The average Bonchev–Trinajstić information content (AvgIpc) is 2.75. The van der Waals surface area contributed by atoms with Gasteiger partial charge in [0.15, 0.2) is 11.5 Å². The molecule has 0 radical (unpaired) electrons. The molecular weight excluding hydrogens is 208 g/mol. The van der Waals surface area contributed by atoms with Crippen LogP contribution < -0.4 is 18.9 Å². The van der Waals surface area contributed by atoms with Crippen molar-refractivity contribution in [2.75, 3.05) is 21.0 Å². The first kappa shape index (κ1) is 10.7. The van der Waals surface area contributed by atoms with Gasteiger partial charge in [-0.3, -0.25) is 0 Å². The lowest BCUT2D eigenvalue weighted by Gasteiger charge is -2.12. The van der Waals surface area contributed by atoms with Crippen molar-refractivity contribution in [3.8, 4) is 23.0 Å². The van der Waals surface area contributed by atoms with E-state index in [9.17, 15) is 0 Å². The lowest BCUT2D eigenvalue weighted by molar-refractivity contribution is 0.170. The molecule has 1 aromatic rings. The van der Waals surface area contributed by atoms with Crippen LogP contribution in [0, 0.1) is 0 Å². The highest BCUT2D eigenvalue weighted by Crippen LogP contribution is 2.49. The maximum atomic E-state index is 5.34. The lowest BCUT2D eigenvalue weighted by Crippen LogP contribution is -1.95. The molecule has 0 amide bonds. The van der Waals surface area contributed by atoms with E-state index < -0.39 is 0 Å². The predicted molar refractivity (Wildman–Crippen MR) is 60.4 cm³/mol. The summed E-state index contributed by atoms with van der Waals surface area (Å²) in [6.45, 7) is 2.16. The van der Waals surface area contributed by atoms with Crippen LogP contribution in [0.4, 0.5) is 0 Å². The van der Waals surface area contributed by atoms with Gasteiger partial charge in [0.25, 0.3) is 0 Å². The minimum absolute atomic E-state index is 0.216. The molecule has 0 fully saturated rings. The van der Waals surface area contributed by atoms with Gasteiger partial charge in [0.2, 0.25) is 18.3 Å². The first-order valence-corrected chi connectivity index (χ1v) is 4.99. The molecule has 1 aromatic carbocycles. The highest BCUT2D eigenvalue weighted by Gasteiger charge is 2.25. The minimum Gasteiger partial charge on any atom is -0.492 e. The summed E-state index contributed by atoms with van der Waals surface area (Å²) in [5, 5.41) is 0. The van der Waals surface area contributed by atoms with Crippen molar-refractivity contribution >= 4 is 6.08 Å². The Hall–Kier alpha value is -1.84. The van der Waals surface area contributed by atoms with Crippen LogP contribution in [0.2, 0.25) is 0 Å². The van der Waals surface area contributed by atoms with Gasteiger partial charge in [-0.1, -0.05) is 12.2 Å². The van der Waals surface area contributed by atoms with Gasteiger partial charge < -0.3 is 18.9 Å². The second-order valence-corrected chi connectivity index (χ2v) is 3.27. The van der Waals surface area contributed by atoms with E-state index in [1.807, 2.05) is 25.1 Å². The third kappa shape index (κ3) is 1.56. The molecule has 0 atom stereocenters. The molecule has 0 aliphatic carbocycles.